The molecule has 0 aliphatic heterocycles. The van der Waals surface area contributed by atoms with Gasteiger partial charge in [0.05, 0.1) is 0 Å². The van der Waals surface area contributed by atoms with Gasteiger partial charge in [-0.15, -0.1) is 0 Å². The van der Waals surface area contributed by atoms with Gasteiger partial charge < -0.3 is 4.74 Å². The topological polar surface area (TPSA) is 9.23 Å². The molecule has 0 unspecified atom stereocenters. The molecular formula is C18H40OSn. The zero-order valence-corrected chi connectivity index (χ0v) is 17.7. The molecule has 0 bridgehead atoms. The van der Waals surface area contributed by atoms with Gasteiger partial charge in [0.1, 0.15) is 0 Å². The number of rotatable bonds is 14. The summed E-state index contributed by atoms with van der Waals surface area (Å²) in [5.74, 6) is 0. The summed E-state index contributed by atoms with van der Waals surface area (Å²) < 4.78 is 8.69. The van der Waals surface area contributed by atoms with Crippen molar-refractivity contribution >= 4 is 21.1 Å². The summed E-state index contributed by atoms with van der Waals surface area (Å²) in [6.45, 7) is 11.0. The van der Waals surface area contributed by atoms with E-state index in [0.29, 0.717) is 0 Å². The molecule has 20 heavy (non-hydrogen) atoms. The third kappa shape index (κ3) is 27.2. The van der Waals surface area contributed by atoms with E-state index in [2.05, 4.69) is 27.7 Å². The van der Waals surface area contributed by atoms with Crippen LogP contribution in [0.5, 0.6) is 0 Å². The second-order valence-electron chi connectivity index (χ2n) is 5.48. The average molecular weight is 391 g/mol. The molecule has 0 fully saturated rings. The van der Waals surface area contributed by atoms with E-state index in [-0.39, 0.29) is 21.1 Å². The van der Waals surface area contributed by atoms with Crippen LogP contribution in [0.15, 0.2) is 0 Å². The van der Waals surface area contributed by atoms with E-state index in [9.17, 15) is 0 Å². The predicted molar refractivity (Wildman–Crippen MR) is 95.1 cm³/mol. The van der Waals surface area contributed by atoms with E-state index in [1.54, 1.807) is 8.87 Å². The molecule has 0 saturated heterocycles. The monoisotopic (exact) mass is 392 g/mol. The third-order valence-electron chi connectivity index (χ3n) is 3.20. The number of hydrogen-bond donors (Lipinski definition) is 0. The summed E-state index contributed by atoms with van der Waals surface area (Å²) in [7, 11) is 0. The SMILES string of the molecule is CCCCCOCCCCC.CCC[CH2][Sn][CH2]CCC. The Kier molecular flexibility index (Phi) is 28.5. The zero-order chi connectivity index (χ0) is 15.3. The van der Waals surface area contributed by atoms with E-state index in [1.165, 1.54) is 64.2 Å². The zero-order valence-electron chi connectivity index (χ0n) is 14.8. The van der Waals surface area contributed by atoms with Crippen LogP contribution in [0.25, 0.3) is 0 Å². The maximum atomic E-state index is 5.44. The van der Waals surface area contributed by atoms with Crippen LogP contribution in [0.4, 0.5) is 0 Å². The Bertz CT molecular complexity index is 125. The fourth-order valence-corrected chi connectivity index (χ4v) is 5.90. The van der Waals surface area contributed by atoms with Crippen molar-refractivity contribution in [3.8, 4) is 0 Å². The Balaban J connectivity index is 0. The molecule has 1 nitrogen and oxygen atoms in total. The Hall–Kier alpha value is 0.759. The Morgan fingerprint density at radius 3 is 1.30 bits per heavy atom. The van der Waals surface area contributed by atoms with E-state index in [1.807, 2.05) is 0 Å². The van der Waals surface area contributed by atoms with Gasteiger partial charge in [-0.25, -0.2) is 0 Å². The molecule has 0 heterocycles. The summed E-state index contributed by atoms with van der Waals surface area (Å²) in [5.41, 5.74) is 0. The third-order valence-corrected chi connectivity index (χ3v) is 7.23. The molecule has 0 aromatic rings. The van der Waals surface area contributed by atoms with Crippen molar-refractivity contribution in [3.63, 3.8) is 0 Å². The van der Waals surface area contributed by atoms with Gasteiger partial charge in [0, 0.05) is 13.2 Å². The molecule has 0 rings (SSSR count). The summed E-state index contributed by atoms with van der Waals surface area (Å²) in [5, 5.41) is 0. The molecule has 0 aliphatic rings. The van der Waals surface area contributed by atoms with Gasteiger partial charge in [-0.05, 0) is 12.8 Å². The number of unbranched alkanes of at least 4 members (excludes halogenated alkanes) is 6. The van der Waals surface area contributed by atoms with Crippen molar-refractivity contribution in [3.05, 3.63) is 0 Å². The quantitative estimate of drug-likeness (QED) is 0.242. The van der Waals surface area contributed by atoms with Gasteiger partial charge in [-0.2, -0.15) is 0 Å². The first kappa shape index (κ1) is 23.0. The van der Waals surface area contributed by atoms with Gasteiger partial charge in [0.15, 0.2) is 0 Å². The van der Waals surface area contributed by atoms with Gasteiger partial charge in [0.25, 0.3) is 0 Å². The van der Waals surface area contributed by atoms with Crippen LogP contribution in [-0.4, -0.2) is 34.4 Å². The molecule has 2 radical (unpaired) electrons. The first-order valence-corrected chi connectivity index (χ1v) is 13.1. The van der Waals surface area contributed by atoms with Crippen molar-refractivity contribution in [2.75, 3.05) is 13.2 Å². The summed E-state index contributed by atoms with van der Waals surface area (Å²) in [6, 6.07) is 0. The molecule has 0 amide bonds. The minimum absolute atomic E-state index is 0.149. The second-order valence-corrected chi connectivity index (χ2v) is 9.76. The van der Waals surface area contributed by atoms with Crippen LogP contribution >= 0.6 is 0 Å². The van der Waals surface area contributed by atoms with E-state index < -0.39 is 0 Å². The van der Waals surface area contributed by atoms with Crippen molar-refractivity contribution < 1.29 is 4.74 Å². The molecule has 0 aliphatic carbocycles. The van der Waals surface area contributed by atoms with Crippen LogP contribution in [0.3, 0.4) is 0 Å². The molecule has 0 aromatic carbocycles. The first-order chi connectivity index (χ1) is 9.83. The van der Waals surface area contributed by atoms with E-state index >= 15 is 0 Å². The van der Waals surface area contributed by atoms with Gasteiger partial charge in [-0.1, -0.05) is 39.5 Å². The van der Waals surface area contributed by atoms with Crippen LogP contribution in [-0.2, 0) is 4.74 Å². The molecule has 0 aromatic heterocycles. The molecular weight excluding hydrogens is 351 g/mol. The van der Waals surface area contributed by atoms with Gasteiger partial charge in [0.2, 0.25) is 0 Å². The van der Waals surface area contributed by atoms with Gasteiger partial charge in [-0.3, -0.25) is 0 Å². The Labute approximate surface area is 139 Å². The van der Waals surface area contributed by atoms with Crippen LogP contribution in [0.1, 0.15) is 91.9 Å². The molecule has 0 saturated carbocycles. The molecule has 2 heteroatoms. The van der Waals surface area contributed by atoms with E-state index in [4.69, 9.17) is 4.74 Å². The number of ether oxygens (including phenoxy) is 1. The molecule has 0 atom stereocenters. The second kappa shape index (κ2) is 24.8. The summed E-state index contributed by atoms with van der Waals surface area (Å²) in [6.07, 6.45) is 13.5. The molecule has 122 valence electrons. The molecule has 0 spiro atoms. The Morgan fingerprint density at radius 2 is 0.950 bits per heavy atom. The average Bonchev–Trinajstić information content (AvgIpc) is 2.47. The van der Waals surface area contributed by atoms with Crippen molar-refractivity contribution in [1.29, 1.82) is 0 Å². The predicted octanol–water partition coefficient (Wildman–Crippen LogP) is 6.51. The van der Waals surface area contributed by atoms with Crippen LogP contribution < -0.4 is 0 Å². The van der Waals surface area contributed by atoms with E-state index in [0.717, 1.165) is 13.2 Å². The summed E-state index contributed by atoms with van der Waals surface area (Å²) >= 11 is 0.149. The maximum absolute atomic E-state index is 5.44. The van der Waals surface area contributed by atoms with Crippen LogP contribution in [0, 0.1) is 0 Å². The van der Waals surface area contributed by atoms with Crippen molar-refractivity contribution in [1.82, 2.24) is 0 Å². The molecule has 0 N–H and O–H groups in total. The van der Waals surface area contributed by atoms with Gasteiger partial charge >= 0.3 is 69.5 Å². The first-order valence-electron chi connectivity index (χ1n) is 9.11. The van der Waals surface area contributed by atoms with Crippen LogP contribution in [0.2, 0.25) is 8.87 Å². The number of hydrogen-bond acceptors (Lipinski definition) is 1. The Morgan fingerprint density at radius 1 is 0.550 bits per heavy atom. The summed E-state index contributed by atoms with van der Waals surface area (Å²) in [4.78, 5) is 0. The fourth-order valence-electron chi connectivity index (χ4n) is 1.74. The standard InChI is InChI=1S/C10H22O.2C4H9.Sn/c1-3-5-7-9-11-10-8-6-4-2;2*1-3-4-2;/h3-10H2,1-2H3;2*1,3-4H2,2H3;. The minimum atomic E-state index is 0.149. The van der Waals surface area contributed by atoms with Crippen molar-refractivity contribution in [2.24, 2.45) is 0 Å². The fraction of sp³-hybridized carbons (Fsp3) is 1.00. The normalized spacial score (nSPS) is 10.2. The van der Waals surface area contributed by atoms with Crippen molar-refractivity contribution in [2.45, 2.75) is 101 Å².